The van der Waals surface area contributed by atoms with Gasteiger partial charge in [-0.15, -0.1) is 0 Å². The van der Waals surface area contributed by atoms with Crippen LogP contribution in [0.1, 0.15) is 27.8 Å². The highest BCUT2D eigenvalue weighted by Crippen LogP contribution is 2.40. The van der Waals surface area contributed by atoms with E-state index in [-0.39, 0.29) is 0 Å². The molecule has 0 nitrogen and oxygen atoms in total. The summed E-state index contributed by atoms with van der Waals surface area (Å²) in [4.78, 5) is 0. The first kappa shape index (κ1) is 9.65. The molecule has 2 aromatic carbocycles. The van der Waals surface area contributed by atoms with Crippen LogP contribution < -0.4 is 0 Å². The van der Waals surface area contributed by atoms with E-state index in [9.17, 15) is 0 Å². The number of aryl methyl sites for hydroxylation is 3. The van der Waals surface area contributed by atoms with Crippen LogP contribution in [0.2, 0.25) is 0 Å². The predicted molar refractivity (Wildman–Crippen MR) is 68.9 cm³/mol. The maximum Gasteiger partial charge on any atom is -0.00106 e. The zero-order chi connectivity index (χ0) is 11.3. The standard InChI is InChI=1S/C16H16/c1-10-4-7-14-13(8-10)9-15-11(2)5-6-12(3)16(14)15/h4-8H,9H2,1-3H3. The van der Waals surface area contributed by atoms with Gasteiger partial charge in [-0.25, -0.2) is 0 Å². The summed E-state index contributed by atoms with van der Waals surface area (Å²) in [7, 11) is 0. The summed E-state index contributed by atoms with van der Waals surface area (Å²) >= 11 is 0. The predicted octanol–water partition coefficient (Wildman–Crippen LogP) is 4.18. The third kappa shape index (κ3) is 1.23. The van der Waals surface area contributed by atoms with Crippen molar-refractivity contribution < 1.29 is 0 Å². The van der Waals surface area contributed by atoms with E-state index in [1.54, 1.807) is 0 Å². The Morgan fingerprint density at radius 3 is 2.44 bits per heavy atom. The Balaban J connectivity index is 2.33. The molecule has 0 heterocycles. The molecule has 0 N–H and O–H groups in total. The topological polar surface area (TPSA) is 0 Å². The van der Waals surface area contributed by atoms with Gasteiger partial charge in [0.15, 0.2) is 0 Å². The lowest BCUT2D eigenvalue weighted by Gasteiger charge is -2.07. The van der Waals surface area contributed by atoms with Gasteiger partial charge < -0.3 is 0 Å². The van der Waals surface area contributed by atoms with E-state index in [0.717, 1.165) is 6.42 Å². The van der Waals surface area contributed by atoms with Gasteiger partial charge in [0.25, 0.3) is 0 Å². The van der Waals surface area contributed by atoms with E-state index in [1.807, 2.05) is 0 Å². The van der Waals surface area contributed by atoms with Crippen LogP contribution >= 0.6 is 0 Å². The summed E-state index contributed by atoms with van der Waals surface area (Å²) < 4.78 is 0. The molecular formula is C16H16. The number of hydrogen-bond acceptors (Lipinski definition) is 0. The molecule has 0 aromatic heterocycles. The Morgan fingerprint density at radius 2 is 1.62 bits per heavy atom. The first-order valence-corrected chi connectivity index (χ1v) is 5.86. The molecule has 0 heteroatoms. The molecule has 0 saturated heterocycles. The molecular weight excluding hydrogens is 192 g/mol. The molecule has 0 radical (unpaired) electrons. The van der Waals surface area contributed by atoms with Crippen LogP contribution in [-0.4, -0.2) is 0 Å². The first-order valence-electron chi connectivity index (χ1n) is 5.86. The first-order chi connectivity index (χ1) is 7.66. The third-order valence-corrected chi connectivity index (χ3v) is 3.65. The molecule has 0 fully saturated rings. The van der Waals surface area contributed by atoms with Crippen molar-refractivity contribution in [1.82, 2.24) is 0 Å². The molecule has 80 valence electrons. The molecule has 0 aliphatic heterocycles. The highest BCUT2D eigenvalue weighted by Gasteiger charge is 2.21. The van der Waals surface area contributed by atoms with Crippen molar-refractivity contribution in [3.8, 4) is 11.1 Å². The average Bonchev–Trinajstić information content (AvgIpc) is 2.63. The molecule has 0 saturated carbocycles. The summed E-state index contributed by atoms with van der Waals surface area (Å²) in [6.45, 7) is 6.60. The molecule has 0 atom stereocenters. The third-order valence-electron chi connectivity index (χ3n) is 3.65. The van der Waals surface area contributed by atoms with Crippen LogP contribution in [-0.2, 0) is 6.42 Å². The second kappa shape index (κ2) is 3.21. The average molecular weight is 208 g/mol. The smallest absolute Gasteiger partial charge is 0.00106 e. The molecule has 1 aliphatic carbocycles. The quantitative estimate of drug-likeness (QED) is 0.520. The number of rotatable bonds is 0. The lowest BCUT2D eigenvalue weighted by Crippen LogP contribution is -1.88. The van der Waals surface area contributed by atoms with Gasteiger partial charge in [0.2, 0.25) is 0 Å². The van der Waals surface area contributed by atoms with Gasteiger partial charge >= 0.3 is 0 Å². The normalized spacial score (nSPS) is 12.4. The minimum absolute atomic E-state index is 1.11. The molecule has 0 amide bonds. The van der Waals surface area contributed by atoms with E-state index in [0.29, 0.717) is 0 Å². The molecule has 0 unspecified atom stereocenters. The van der Waals surface area contributed by atoms with Crippen LogP contribution in [0.15, 0.2) is 30.3 Å². The van der Waals surface area contributed by atoms with Crippen molar-refractivity contribution in [3.05, 3.63) is 58.1 Å². The van der Waals surface area contributed by atoms with Crippen molar-refractivity contribution in [1.29, 1.82) is 0 Å². The summed E-state index contributed by atoms with van der Waals surface area (Å²) in [5.41, 5.74) is 10.1. The summed E-state index contributed by atoms with van der Waals surface area (Å²) in [5.74, 6) is 0. The van der Waals surface area contributed by atoms with Crippen LogP contribution in [0.25, 0.3) is 11.1 Å². The van der Waals surface area contributed by atoms with Crippen LogP contribution in [0.5, 0.6) is 0 Å². The van der Waals surface area contributed by atoms with Crippen LogP contribution in [0, 0.1) is 20.8 Å². The maximum atomic E-state index is 2.33. The number of benzene rings is 2. The monoisotopic (exact) mass is 208 g/mol. The minimum atomic E-state index is 1.11. The van der Waals surface area contributed by atoms with Crippen molar-refractivity contribution in [3.63, 3.8) is 0 Å². The van der Waals surface area contributed by atoms with Gasteiger partial charge in [0.1, 0.15) is 0 Å². The fourth-order valence-corrected chi connectivity index (χ4v) is 2.77. The van der Waals surface area contributed by atoms with Crippen molar-refractivity contribution in [2.24, 2.45) is 0 Å². The molecule has 0 bridgehead atoms. The summed E-state index contributed by atoms with van der Waals surface area (Å²) in [5, 5.41) is 0. The SMILES string of the molecule is Cc1ccc2c(c1)Cc1c(C)ccc(C)c1-2. The van der Waals surface area contributed by atoms with E-state index in [4.69, 9.17) is 0 Å². The zero-order valence-corrected chi connectivity index (χ0v) is 10.1. The number of fused-ring (bicyclic) bond motifs is 3. The van der Waals surface area contributed by atoms with Crippen LogP contribution in [0.4, 0.5) is 0 Å². The van der Waals surface area contributed by atoms with E-state index in [1.165, 1.54) is 38.9 Å². The fourth-order valence-electron chi connectivity index (χ4n) is 2.77. The molecule has 2 aromatic rings. The van der Waals surface area contributed by atoms with Crippen molar-refractivity contribution in [2.45, 2.75) is 27.2 Å². The fraction of sp³-hybridized carbons (Fsp3) is 0.250. The molecule has 1 aliphatic rings. The van der Waals surface area contributed by atoms with Gasteiger partial charge in [-0.05, 0) is 60.6 Å². The Morgan fingerprint density at radius 1 is 0.875 bits per heavy atom. The highest BCUT2D eigenvalue weighted by molar-refractivity contribution is 5.80. The van der Waals surface area contributed by atoms with E-state index >= 15 is 0 Å². The highest BCUT2D eigenvalue weighted by atomic mass is 14.2. The van der Waals surface area contributed by atoms with Crippen LogP contribution in [0.3, 0.4) is 0 Å². The molecule has 16 heavy (non-hydrogen) atoms. The van der Waals surface area contributed by atoms with E-state index in [2.05, 4.69) is 51.1 Å². The minimum Gasteiger partial charge on any atom is -0.0587 e. The number of hydrogen-bond donors (Lipinski definition) is 0. The van der Waals surface area contributed by atoms with Gasteiger partial charge in [0.05, 0.1) is 0 Å². The zero-order valence-electron chi connectivity index (χ0n) is 10.1. The Hall–Kier alpha value is -1.56. The van der Waals surface area contributed by atoms with Crippen molar-refractivity contribution >= 4 is 0 Å². The van der Waals surface area contributed by atoms with Gasteiger partial charge in [0, 0.05) is 0 Å². The molecule has 3 rings (SSSR count). The molecule has 0 spiro atoms. The Kier molecular flexibility index (Phi) is 1.94. The summed E-state index contributed by atoms with van der Waals surface area (Å²) in [6.07, 6.45) is 1.11. The van der Waals surface area contributed by atoms with E-state index < -0.39 is 0 Å². The van der Waals surface area contributed by atoms with Gasteiger partial charge in [-0.1, -0.05) is 35.9 Å². The Bertz CT molecular complexity index is 577. The largest absolute Gasteiger partial charge is 0.0587 e. The second-order valence-electron chi connectivity index (χ2n) is 4.89. The maximum absolute atomic E-state index is 2.33. The lowest BCUT2D eigenvalue weighted by molar-refractivity contribution is 1.20. The lowest BCUT2D eigenvalue weighted by atomic mass is 9.97. The second-order valence-corrected chi connectivity index (χ2v) is 4.89. The van der Waals surface area contributed by atoms with Crippen molar-refractivity contribution in [2.75, 3.05) is 0 Å². The Labute approximate surface area is 96.9 Å². The van der Waals surface area contributed by atoms with Gasteiger partial charge in [-0.2, -0.15) is 0 Å². The van der Waals surface area contributed by atoms with Gasteiger partial charge in [-0.3, -0.25) is 0 Å². The summed E-state index contributed by atoms with van der Waals surface area (Å²) in [6, 6.07) is 11.3.